The number of aromatic nitrogens is 3. The van der Waals surface area contributed by atoms with Crippen LogP contribution in [-0.2, 0) is 0 Å². The highest BCUT2D eigenvalue weighted by molar-refractivity contribution is 5.65. The van der Waals surface area contributed by atoms with Gasteiger partial charge in [0.05, 0.1) is 6.04 Å². The molecule has 1 amide bonds. The summed E-state index contributed by atoms with van der Waals surface area (Å²) in [5.74, 6) is 2.25. The molecular weight excluding hydrogens is 356 g/mol. The molecule has 28 heavy (non-hydrogen) atoms. The van der Waals surface area contributed by atoms with Crippen molar-refractivity contribution in [3.8, 4) is 0 Å². The van der Waals surface area contributed by atoms with Crippen LogP contribution in [0.2, 0.25) is 0 Å². The molecule has 3 rings (SSSR count). The molecule has 2 N–H and O–H groups in total. The third-order valence-corrected chi connectivity index (χ3v) is 5.20. The van der Waals surface area contributed by atoms with E-state index in [-0.39, 0.29) is 6.04 Å². The largest absolute Gasteiger partial charge is 0.465 e. The molecule has 8 heteroatoms. The zero-order chi connectivity index (χ0) is 20.1. The maximum Gasteiger partial charge on any atom is 0.405 e. The molecule has 1 saturated heterocycles. The number of nitrogens with zero attached hydrogens (tertiary/aromatic N) is 5. The molecule has 1 atom stereocenters. The molecule has 2 heterocycles. The van der Waals surface area contributed by atoms with Gasteiger partial charge in [0.15, 0.2) is 5.82 Å². The number of carboxylic acid groups (broad SMARTS) is 1. The van der Waals surface area contributed by atoms with Gasteiger partial charge in [-0.05, 0) is 18.9 Å². The van der Waals surface area contributed by atoms with E-state index in [1.807, 2.05) is 37.3 Å². The highest BCUT2D eigenvalue weighted by Crippen LogP contribution is 2.19. The van der Waals surface area contributed by atoms with Crippen molar-refractivity contribution in [1.29, 1.82) is 0 Å². The fourth-order valence-electron chi connectivity index (χ4n) is 3.71. The molecule has 8 nitrogen and oxygen atoms in total. The van der Waals surface area contributed by atoms with Crippen molar-refractivity contribution in [2.75, 3.05) is 37.7 Å². The fourth-order valence-corrected chi connectivity index (χ4v) is 3.71. The third-order valence-electron chi connectivity index (χ3n) is 5.20. The van der Waals surface area contributed by atoms with E-state index < -0.39 is 6.09 Å². The molecule has 1 fully saturated rings. The minimum Gasteiger partial charge on any atom is -0.465 e. The first-order valence-corrected chi connectivity index (χ1v) is 9.89. The zero-order valence-corrected chi connectivity index (χ0v) is 16.9. The van der Waals surface area contributed by atoms with Crippen molar-refractivity contribution in [3.63, 3.8) is 0 Å². The van der Waals surface area contributed by atoms with Crippen LogP contribution in [0, 0.1) is 6.92 Å². The summed E-state index contributed by atoms with van der Waals surface area (Å²) in [6, 6.07) is 9.58. The van der Waals surface area contributed by atoms with E-state index in [0.717, 1.165) is 56.4 Å². The lowest BCUT2D eigenvalue weighted by Gasteiger charge is -2.38. The highest BCUT2D eigenvalue weighted by Gasteiger charge is 2.23. The van der Waals surface area contributed by atoms with Gasteiger partial charge in [0.1, 0.15) is 5.82 Å². The third kappa shape index (κ3) is 4.81. The lowest BCUT2D eigenvalue weighted by atomic mass is 10.0. The molecule has 0 spiro atoms. The van der Waals surface area contributed by atoms with Crippen LogP contribution in [0.5, 0.6) is 0 Å². The lowest BCUT2D eigenvalue weighted by molar-refractivity contribution is 0.184. The van der Waals surface area contributed by atoms with E-state index in [4.69, 9.17) is 0 Å². The van der Waals surface area contributed by atoms with Gasteiger partial charge in [0.2, 0.25) is 0 Å². The van der Waals surface area contributed by atoms with Crippen molar-refractivity contribution in [2.24, 2.45) is 0 Å². The summed E-state index contributed by atoms with van der Waals surface area (Å²) >= 11 is 0. The van der Waals surface area contributed by atoms with Crippen molar-refractivity contribution < 1.29 is 9.90 Å². The van der Waals surface area contributed by atoms with Crippen molar-refractivity contribution in [3.05, 3.63) is 47.5 Å². The van der Waals surface area contributed by atoms with Gasteiger partial charge in [0.25, 0.3) is 0 Å². The Hall–Kier alpha value is -2.61. The molecule has 0 radical (unpaired) electrons. The first-order chi connectivity index (χ1) is 13.5. The molecule has 2 aromatic rings. The summed E-state index contributed by atoms with van der Waals surface area (Å²) in [4.78, 5) is 13.6. The smallest absolute Gasteiger partial charge is 0.405 e. The standard InChI is InChI=1S/C20H30N6O2/c1-15(2)19-23-22-16(3)26(19)25-13-11-24(12-14-25)10-9-18(21-20(27)28)17-7-5-4-6-8-17/h4-8,15,18,21H,9-14H2,1-3H3,(H,27,28). The van der Waals surface area contributed by atoms with Crippen molar-refractivity contribution in [1.82, 2.24) is 25.1 Å². The second-order valence-electron chi connectivity index (χ2n) is 7.57. The van der Waals surface area contributed by atoms with Crippen molar-refractivity contribution in [2.45, 2.75) is 39.2 Å². The Morgan fingerprint density at radius 3 is 2.43 bits per heavy atom. The van der Waals surface area contributed by atoms with Crippen LogP contribution in [-0.4, -0.2) is 63.7 Å². The number of hydrogen-bond acceptors (Lipinski definition) is 5. The lowest BCUT2D eigenvalue weighted by Crippen LogP contribution is -2.52. The number of benzene rings is 1. The number of amides is 1. The van der Waals surface area contributed by atoms with E-state index in [1.54, 1.807) is 0 Å². The van der Waals surface area contributed by atoms with E-state index in [0.29, 0.717) is 5.92 Å². The van der Waals surface area contributed by atoms with Crippen LogP contribution in [0.4, 0.5) is 4.79 Å². The van der Waals surface area contributed by atoms with Crippen LogP contribution in [0.25, 0.3) is 0 Å². The quantitative estimate of drug-likeness (QED) is 0.760. The average Bonchev–Trinajstić information content (AvgIpc) is 3.08. The molecule has 0 saturated carbocycles. The van der Waals surface area contributed by atoms with E-state index >= 15 is 0 Å². The van der Waals surface area contributed by atoms with Gasteiger partial charge >= 0.3 is 6.09 Å². The van der Waals surface area contributed by atoms with Crippen LogP contribution >= 0.6 is 0 Å². The topological polar surface area (TPSA) is 86.5 Å². The molecule has 1 aliphatic heterocycles. The van der Waals surface area contributed by atoms with Crippen molar-refractivity contribution >= 4 is 6.09 Å². The molecular formula is C20H30N6O2. The average molecular weight is 387 g/mol. The van der Waals surface area contributed by atoms with Gasteiger partial charge in [-0.1, -0.05) is 44.2 Å². The van der Waals surface area contributed by atoms with Crippen LogP contribution < -0.4 is 10.3 Å². The second-order valence-corrected chi connectivity index (χ2v) is 7.57. The predicted octanol–water partition coefficient (Wildman–Crippen LogP) is 2.36. The SMILES string of the molecule is Cc1nnc(C(C)C)n1N1CCN(CCC(NC(=O)O)c2ccccc2)CC1. The summed E-state index contributed by atoms with van der Waals surface area (Å²) in [6.45, 7) is 10.8. The van der Waals surface area contributed by atoms with Crippen LogP contribution in [0.3, 0.4) is 0 Å². The minimum absolute atomic E-state index is 0.190. The summed E-state index contributed by atoms with van der Waals surface area (Å²) in [5.41, 5.74) is 1.00. The first kappa shape index (κ1) is 20.1. The maximum absolute atomic E-state index is 11.2. The zero-order valence-electron chi connectivity index (χ0n) is 16.9. The van der Waals surface area contributed by atoms with Gasteiger partial charge in [-0.15, -0.1) is 10.2 Å². The van der Waals surface area contributed by atoms with E-state index in [9.17, 15) is 9.90 Å². The number of carbonyl (C=O) groups is 1. The Morgan fingerprint density at radius 2 is 1.82 bits per heavy atom. The monoisotopic (exact) mass is 386 g/mol. The van der Waals surface area contributed by atoms with Crippen LogP contribution in [0.15, 0.2) is 30.3 Å². The number of nitrogens with one attached hydrogen (secondary N) is 1. The molecule has 0 bridgehead atoms. The Balaban J connectivity index is 1.56. The Bertz CT molecular complexity index is 768. The Kier molecular flexibility index (Phi) is 6.51. The normalized spacial score (nSPS) is 16.4. The summed E-state index contributed by atoms with van der Waals surface area (Å²) in [5, 5.41) is 22.7. The number of piperazine rings is 1. The Morgan fingerprint density at radius 1 is 1.14 bits per heavy atom. The van der Waals surface area contributed by atoms with E-state index in [2.05, 4.69) is 43.9 Å². The molecule has 1 aromatic carbocycles. The molecule has 152 valence electrons. The highest BCUT2D eigenvalue weighted by atomic mass is 16.4. The van der Waals surface area contributed by atoms with Gasteiger partial charge in [-0.2, -0.15) is 0 Å². The number of aryl methyl sites for hydroxylation is 1. The first-order valence-electron chi connectivity index (χ1n) is 9.89. The number of rotatable bonds is 7. The van der Waals surface area contributed by atoms with Gasteiger partial charge in [-0.25, -0.2) is 9.47 Å². The van der Waals surface area contributed by atoms with Crippen LogP contribution in [0.1, 0.15) is 49.4 Å². The predicted molar refractivity (Wildman–Crippen MR) is 108 cm³/mol. The molecule has 1 unspecified atom stereocenters. The summed E-state index contributed by atoms with van der Waals surface area (Å²) < 4.78 is 2.15. The van der Waals surface area contributed by atoms with Gasteiger partial charge in [-0.3, -0.25) is 4.90 Å². The van der Waals surface area contributed by atoms with E-state index in [1.165, 1.54) is 0 Å². The minimum atomic E-state index is -0.983. The number of hydrogen-bond donors (Lipinski definition) is 2. The molecule has 1 aromatic heterocycles. The molecule has 1 aliphatic rings. The van der Waals surface area contributed by atoms with Gasteiger partial charge in [0, 0.05) is 38.6 Å². The maximum atomic E-state index is 11.2. The second kappa shape index (κ2) is 9.05. The fraction of sp³-hybridized carbons (Fsp3) is 0.550. The summed E-state index contributed by atoms with van der Waals surface area (Å²) in [6.07, 6.45) is -0.234. The Labute approximate surface area is 166 Å². The molecule has 0 aliphatic carbocycles. The van der Waals surface area contributed by atoms with Gasteiger partial charge < -0.3 is 15.4 Å². The summed E-state index contributed by atoms with van der Waals surface area (Å²) in [7, 11) is 0.